The predicted octanol–water partition coefficient (Wildman–Crippen LogP) is 5.24. The van der Waals surface area contributed by atoms with Crippen LogP contribution in [-0.2, 0) is 24.6 Å². The average Bonchev–Trinajstić information content (AvgIpc) is 3.27. The summed E-state index contributed by atoms with van der Waals surface area (Å²) in [4.78, 5) is 57.9. The second-order valence-electron chi connectivity index (χ2n) is 11.8. The van der Waals surface area contributed by atoms with E-state index in [-0.39, 0.29) is 35.6 Å². The third-order valence-electron chi connectivity index (χ3n) is 10.0. The minimum atomic E-state index is -1.33. The third kappa shape index (κ3) is 3.50. The number of benzene rings is 3. The summed E-state index contributed by atoms with van der Waals surface area (Å²) in [6.45, 7) is 2.10. The standard InChI is InChI=1S/C36H31NO5/c1-2-37-34(41)25-18-17-23-27(31(25)35(37)42)19-28-33(40)26(21-11-5-3-6-12-21)20-30(39)36(28,22-13-7-4-8-14-22)32(23)24-15-9-10-16-29(24)38/h3-17,20,25,27-28,31-32,38H,2,18-19H2,1H3. The maximum atomic E-state index is 14.8. The number of hydrogen-bond acceptors (Lipinski definition) is 5. The highest BCUT2D eigenvalue weighted by atomic mass is 16.3. The first-order valence-corrected chi connectivity index (χ1v) is 14.6. The molecule has 3 aromatic rings. The van der Waals surface area contributed by atoms with E-state index in [1.165, 1.54) is 11.0 Å². The normalized spacial score (nSPS) is 30.3. The maximum Gasteiger partial charge on any atom is 0.233 e. The average molecular weight is 558 g/mol. The molecule has 1 saturated heterocycles. The molecule has 210 valence electrons. The molecule has 7 rings (SSSR count). The second kappa shape index (κ2) is 9.76. The van der Waals surface area contributed by atoms with Crippen molar-refractivity contribution in [2.45, 2.75) is 31.1 Å². The fraction of sp³-hybridized carbons (Fsp3) is 0.278. The van der Waals surface area contributed by atoms with Gasteiger partial charge in [0.15, 0.2) is 11.6 Å². The number of aromatic hydroxyl groups is 1. The molecule has 3 aliphatic carbocycles. The summed E-state index contributed by atoms with van der Waals surface area (Å²) in [5, 5.41) is 11.3. The van der Waals surface area contributed by atoms with E-state index >= 15 is 0 Å². The molecule has 2 fully saturated rings. The highest BCUT2D eigenvalue weighted by Gasteiger charge is 2.66. The Bertz CT molecular complexity index is 1690. The van der Waals surface area contributed by atoms with E-state index in [1.54, 1.807) is 19.1 Å². The van der Waals surface area contributed by atoms with Crippen LogP contribution >= 0.6 is 0 Å². The van der Waals surface area contributed by atoms with Crippen molar-refractivity contribution in [1.82, 2.24) is 4.90 Å². The Labute approximate surface area is 244 Å². The molecule has 6 heteroatoms. The maximum absolute atomic E-state index is 14.8. The first-order valence-electron chi connectivity index (χ1n) is 14.6. The van der Waals surface area contributed by atoms with Crippen LogP contribution in [0.2, 0.25) is 0 Å². The molecule has 0 aromatic heterocycles. The lowest BCUT2D eigenvalue weighted by Crippen LogP contribution is -2.58. The van der Waals surface area contributed by atoms with Gasteiger partial charge in [0.05, 0.1) is 17.3 Å². The molecule has 0 radical (unpaired) electrons. The Balaban J connectivity index is 1.52. The van der Waals surface area contributed by atoms with Crippen LogP contribution in [-0.4, -0.2) is 39.9 Å². The number of phenols is 1. The third-order valence-corrected chi connectivity index (χ3v) is 10.0. The zero-order valence-electron chi connectivity index (χ0n) is 23.3. The number of nitrogens with zero attached hydrogens (tertiary/aromatic N) is 1. The number of ketones is 2. The Hall–Kier alpha value is -4.58. The number of imide groups is 1. The largest absolute Gasteiger partial charge is 0.508 e. The Kier molecular flexibility index (Phi) is 6.12. The van der Waals surface area contributed by atoms with Gasteiger partial charge in [-0.3, -0.25) is 24.1 Å². The van der Waals surface area contributed by atoms with Crippen molar-refractivity contribution >= 4 is 29.0 Å². The first kappa shape index (κ1) is 26.3. The van der Waals surface area contributed by atoms with E-state index in [4.69, 9.17) is 0 Å². The van der Waals surface area contributed by atoms with Gasteiger partial charge >= 0.3 is 0 Å². The van der Waals surface area contributed by atoms with Crippen LogP contribution in [0.3, 0.4) is 0 Å². The van der Waals surface area contributed by atoms with Crippen molar-refractivity contribution in [2.75, 3.05) is 6.54 Å². The molecule has 1 saturated carbocycles. The molecule has 42 heavy (non-hydrogen) atoms. The van der Waals surface area contributed by atoms with Crippen LogP contribution < -0.4 is 0 Å². The summed E-state index contributed by atoms with van der Waals surface area (Å²) in [7, 11) is 0. The van der Waals surface area contributed by atoms with Crippen molar-refractivity contribution in [3.8, 4) is 5.75 Å². The fourth-order valence-corrected chi connectivity index (χ4v) is 8.33. The van der Waals surface area contributed by atoms with Gasteiger partial charge in [-0.05, 0) is 49.0 Å². The molecular formula is C36H31NO5. The topological polar surface area (TPSA) is 91.8 Å². The highest BCUT2D eigenvalue weighted by molar-refractivity contribution is 6.31. The predicted molar refractivity (Wildman–Crippen MR) is 157 cm³/mol. The molecule has 6 atom stereocenters. The number of carbonyl (C=O) groups excluding carboxylic acids is 4. The van der Waals surface area contributed by atoms with Crippen molar-refractivity contribution in [1.29, 1.82) is 0 Å². The molecular weight excluding hydrogens is 526 g/mol. The number of carbonyl (C=O) groups is 4. The molecule has 4 aliphatic rings. The quantitative estimate of drug-likeness (QED) is 0.350. The van der Waals surface area contributed by atoms with Crippen molar-refractivity contribution in [2.24, 2.45) is 23.7 Å². The lowest BCUT2D eigenvalue weighted by molar-refractivity contribution is -0.140. The van der Waals surface area contributed by atoms with Gasteiger partial charge in [-0.2, -0.15) is 0 Å². The number of rotatable bonds is 4. The number of Topliss-reactive ketones (excluding diaryl/α,β-unsaturated/α-hetero) is 1. The SMILES string of the molecule is CCN1C(=O)C2CC=C3C(CC4C(=O)C(c5ccccc5)=CC(=O)C4(c4ccccc4)C3c3ccccc3O)C2C1=O. The highest BCUT2D eigenvalue weighted by Crippen LogP contribution is 2.64. The molecule has 6 unspecified atom stereocenters. The van der Waals surface area contributed by atoms with Gasteiger partial charge in [0.2, 0.25) is 11.8 Å². The number of likely N-dealkylation sites (tertiary alicyclic amines) is 1. The van der Waals surface area contributed by atoms with Gasteiger partial charge < -0.3 is 5.11 Å². The zero-order valence-corrected chi connectivity index (χ0v) is 23.3. The molecule has 0 spiro atoms. The van der Waals surface area contributed by atoms with E-state index < -0.39 is 35.0 Å². The van der Waals surface area contributed by atoms with Gasteiger partial charge in [0, 0.05) is 29.5 Å². The van der Waals surface area contributed by atoms with Crippen LogP contribution in [0.5, 0.6) is 5.75 Å². The molecule has 6 nitrogen and oxygen atoms in total. The lowest BCUT2D eigenvalue weighted by atomic mass is 9.44. The number of hydrogen-bond donors (Lipinski definition) is 1. The Morgan fingerprint density at radius 2 is 1.50 bits per heavy atom. The summed E-state index contributed by atoms with van der Waals surface area (Å²) in [6, 6.07) is 25.6. The summed E-state index contributed by atoms with van der Waals surface area (Å²) in [5.41, 5.74) is 1.80. The van der Waals surface area contributed by atoms with Crippen LogP contribution in [0, 0.1) is 23.7 Å². The molecule has 0 bridgehead atoms. The van der Waals surface area contributed by atoms with Crippen molar-refractivity contribution in [3.05, 3.63) is 119 Å². The smallest absolute Gasteiger partial charge is 0.233 e. The van der Waals surface area contributed by atoms with Gasteiger partial charge in [0.25, 0.3) is 0 Å². The molecule has 1 heterocycles. The Morgan fingerprint density at radius 3 is 2.19 bits per heavy atom. The van der Waals surface area contributed by atoms with Crippen LogP contribution in [0.25, 0.3) is 5.57 Å². The minimum absolute atomic E-state index is 0.0299. The first-order chi connectivity index (χ1) is 20.4. The molecule has 1 N–H and O–H groups in total. The summed E-state index contributed by atoms with van der Waals surface area (Å²) in [5.74, 6) is -3.72. The molecule has 3 aromatic carbocycles. The number of fused-ring (bicyclic) bond motifs is 4. The minimum Gasteiger partial charge on any atom is -0.508 e. The van der Waals surface area contributed by atoms with Gasteiger partial charge in [0.1, 0.15) is 5.75 Å². The zero-order chi connectivity index (χ0) is 29.2. The van der Waals surface area contributed by atoms with Gasteiger partial charge in [-0.15, -0.1) is 0 Å². The second-order valence-corrected chi connectivity index (χ2v) is 11.8. The number of phenolic OH excluding ortho intramolecular Hbond substituents is 1. The van der Waals surface area contributed by atoms with E-state index in [1.807, 2.05) is 78.9 Å². The fourth-order valence-electron chi connectivity index (χ4n) is 8.33. The van der Waals surface area contributed by atoms with Crippen molar-refractivity contribution < 1.29 is 24.3 Å². The van der Waals surface area contributed by atoms with E-state index in [0.717, 1.165) is 5.57 Å². The van der Waals surface area contributed by atoms with Crippen LogP contribution in [0.15, 0.2) is 103 Å². The molecule has 2 amide bonds. The Morgan fingerprint density at radius 1 is 0.833 bits per heavy atom. The van der Waals surface area contributed by atoms with E-state index in [2.05, 4.69) is 0 Å². The summed E-state index contributed by atoms with van der Waals surface area (Å²) < 4.78 is 0. The summed E-state index contributed by atoms with van der Waals surface area (Å²) >= 11 is 0. The van der Waals surface area contributed by atoms with E-state index in [9.17, 15) is 24.3 Å². The van der Waals surface area contributed by atoms with Crippen LogP contribution in [0.1, 0.15) is 42.4 Å². The van der Waals surface area contributed by atoms with Crippen molar-refractivity contribution in [3.63, 3.8) is 0 Å². The lowest BCUT2D eigenvalue weighted by Gasteiger charge is -2.55. The van der Waals surface area contributed by atoms with E-state index in [0.29, 0.717) is 35.2 Å². The summed E-state index contributed by atoms with van der Waals surface area (Å²) in [6.07, 6.45) is 4.15. The van der Waals surface area contributed by atoms with Gasteiger partial charge in [-0.1, -0.05) is 90.5 Å². The number of allylic oxidation sites excluding steroid dienone is 4. The number of para-hydroxylation sites is 1. The van der Waals surface area contributed by atoms with Crippen LogP contribution in [0.4, 0.5) is 0 Å². The van der Waals surface area contributed by atoms with Gasteiger partial charge in [-0.25, -0.2) is 0 Å². The molecule has 1 aliphatic heterocycles. The monoisotopic (exact) mass is 557 g/mol. The number of amides is 2.